The van der Waals surface area contributed by atoms with Crippen LogP contribution in [0.25, 0.3) is 22.6 Å². The third-order valence-corrected chi connectivity index (χ3v) is 9.96. The fourth-order valence-electron chi connectivity index (χ4n) is 5.21. The van der Waals surface area contributed by atoms with Gasteiger partial charge in [-0.3, -0.25) is 9.78 Å². The first kappa shape index (κ1) is 73.2. The van der Waals surface area contributed by atoms with Gasteiger partial charge < -0.3 is 123 Å². The molecule has 32 heteroatoms. The zero-order valence-corrected chi connectivity index (χ0v) is 44.2. The van der Waals surface area contributed by atoms with E-state index in [0.29, 0.717) is 11.0 Å². The van der Waals surface area contributed by atoms with Crippen molar-refractivity contribution in [2.75, 3.05) is 94.2 Å². The van der Waals surface area contributed by atoms with Crippen LogP contribution in [-0.4, -0.2) is 261 Å². The number of benzene rings is 1. The van der Waals surface area contributed by atoms with Crippen molar-refractivity contribution in [1.29, 1.82) is 0 Å². The van der Waals surface area contributed by atoms with Crippen LogP contribution in [0, 0.1) is 13.8 Å². The minimum atomic E-state index is -1.64. The van der Waals surface area contributed by atoms with Gasteiger partial charge in [-0.2, -0.15) is 17.6 Å². The normalized spacial score (nSPS) is 17.5. The van der Waals surface area contributed by atoms with Crippen molar-refractivity contribution in [3.05, 3.63) is 67.1 Å². The summed E-state index contributed by atoms with van der Waals surface area (Å²) in [5, 5.41) is 135. The van der Waals surface area contributed by atoms with Crippen molar-refractivity contribution in [2.24, 2.45) is 5.73 Å². The molecule has 0 amide bonds. The number of halogens is 2. The number of fused-ring (bicyclic) bond motifs is 2. The Labute approximate surface area is 441 Å². The largest absolute Gasteiger partial charge is 1.00 e. The summed E-state index contributed by atoms with van der Waals surface area (Å²) in [6, 6.07) is 2.60. The van der Waals surface area contributed by atoms with E-state index in [9.17, 15) is 44.4 Å². The lowest BCUT2D eigenvalue weighted by atomic mass is 10.1. The summed E-state index contributed by atoms with van der Waals surface area (Å²) in [4.78, 5) is 64.7. The van der Waals surface area contributed by atoms with Crippen molar-refractivity contribution in [1.82, 2.24) is 19.5 Å². The average molecular weight is 1130 g/mol. The average Bonchev–Trinajstić information content (AvgIpc) is 3.71. The molecule has 0 aromatic heterocycles. The van der Waals surface area contributed by atoms with Gasteiger partial charge in [0.1, 0.15) is 43.6 Å². The van der Waals surface area contributed by atoms with E-state index in [1.165, 1.54) is 4.57 Å². The number of aryl methyl sites for hydroxylation is 2. The van der Waals surface area contributed by atoms with E-state index in [2.05, 4.69) is 79.3 Å². The first-order valence-corrected chi connectivity index (χ1v) is 22.0. The molecule has 8 atom stereocenters. The molecule has 1 aromatic rings. The van der Waals surface area contributed by atoms with Crippen molar-refractivity contribution in [3.8, 4) is 11.5 Å². The van der Waals surface area contributed by atoms with Gasteiger partial charge >= 0.3 is 17.6 Å². The second-order valence-corrected chi connectivity index (χ2v) is 18.1. The third kappa shape index (κ3) is 23.7. The smallest absolute Gasteiger partial charge is 0.377 e. The van der Waals surface area contributed by atoms with Crippen LogP contribution in [0.2, 0.25) is 0 Å². The molecule has 4 aliphatic heterocycles. The Morgan fingerprint density at radius 3 is 1.47 bits per heavy atom. The Morgan fingerprint density at radius 2 is 1.18 bits per heavy atom. The molecule has 17 N–H and O–H groups in total. The summed E-state index contributed by atoms with van der Waals surface area (Å²) < 4.78 is 11.7. The van der Waals surface area contributed by atoms with E-state index in [-0.39, 0.29) is 61.8 Å². The minimum Gasteiger partial charge on any atom is -1.00 e. The van der Waals surface area contributed by atoms with Crippen LogP contribution in [-0.2, 0) is 30.4 Å². The number of nitrogens with one attached hydrogen (secondary N) is 1. The van der Waals surface area contributed by atoms with Crippen LogP contribution in [0.1, 0.15) is 11.1 Å². The number of nitrogens with zero attached hydrogens (tertiary/aromatic N) is 5. The molecule has 0 radical (unpaired) electrons. The number of aromatic amines is 1. The number of ether oxygens (including phenoxy) is 2. The van der Waals surface area contributed by atoms with Crippen LogP contribution in [0.3, 0.4) is 0 Å². The van der Waals surface area contributed by atoms with Crippen molar-refractivity contribution < 1.29 is 122 Å². The monoisotopic (exact) mass is 1130 g/mol. The molecule has 0 unspecified atom stereocenters. The Kier molecular flexibility index (Phi) is 33.5. The number of H-pyrrole nitrogens is 1. The lowest BCUT2D eigenvalue weighted by Crippen LogP contribution is -3.00. The molecule has 5 rings (SSSR count). The maximum atomic E-state index is 12.2. The number of aliphatic hydroxyl groups excluding tert-OH is 14. The zero-order chi connectivity index (χ0) is 56.2. The fraction of sp³-hybridized carbons (Fsp3) is 0.595. The van der Waals surface area contributed by atoms with Gasteiger partial charge in [0.2, 0.25) is 11.5 Å². The number of aromatic nitrogens is 4. The van der Waals surface area contributed by atoms with Gasteiger partial charge in [-0.15, -0.1) is 12.4 Å². The molecule has 4 aliphatic rings. The number of likely N-dealkylation sites (N-methyl/N-ethyl adjacent to an activating group) is 2. The number of thiol groups is 1. The van der Waals surface area contributed by atoms with Crippen LogP contribution in [0.15, 0.2) is 44.8 Å². The maximum Gasteiger partial charge on any atom is 0.377 e. The number of hydrogen-bond acceptors (Lipinski definition) is 26. The number of carboxylic acids is 1. The highest BCUT2D eigenvalue weighted by molar-refractivity contribution is 7.80. The van der Waals surface area contributed by atoms with E-state index in [0.717, 1.165) is 33.2 Å². The molecule has 29 nitrogen and oxygen atoms in total. The summed E-state index contributed by atoms with van der Waals surface area (Å²) >= 11 is 3.61. The van der Waals surface area contributed by atoms with E-state index >= 15 is 0 Å². The molecular formula is C42H71Cl2N7O22S. The molecule has 0 saturated carbocycles. The van der Waals surface area contributed by atoms with E-state index < -0.39 is 121 Å². The van der Waals surface area contributed by atoms with Gasteiger partial charge in [-0.1, -0.05) is 0 Å². The van der Waals surface area contributed by atoms with E-state index in [1.54, 1.807) is 12.1 Å². The molecule has 426 valence electrons. The van der Waals surface area contributed by atoms with Gasteiger partial charge in [0.15, 0.2) is 35.2 Å². The summed E-state index contributed by atoms with van der Waals surface area (Å²) in [7, 11) is 12.3. The Hall–Kier alpha value is -5.00. The molecule has 0 bridgehead atoms. The molecule has 0 saturated heterocycles. The number of aliphatic carboxylic acids is 1. The van der Waals surface area contributed by atoms with Gasteiger partial charge in [-0.25, -0.2) is 19.4 Å². The maximum absolute atomic E-state index is 12.2. The molecule has 1 aromatic carbocycles. The highest BCUT2D eigenvalue weighted by Crippen LogP contribution is 2.25. The number of rotatable bonds is 15. The highest BCUT2D eigenvalue weighted by atomic mass is 35.5. The van der Waals surface area contributed by atoms with Gasteiger partial charge in [0.05, 0.1) is 105 Å². The zero-order valence-electron chi connectivity index (χ0n) is 41.7. The van der Waals surface area contributed by atoms with Crippen LogP contribution in [0.4, 0.5) is 0 Å². The number of quaternary nitrogens is 2. The number of nitrogens with two attached hydrogens (primary N) is 1. The number of hydrogen-bond donors (Lipinski definition) is 17. The van der Waals surface area contributed by atoms with Crippen molar-refractivity contribution >= 4 is 54.0 Å². The Morgan fingerprint density at radius 1 is 0.757 bits per heavy atom. The van der Waals surface area contributed by atoms with E-state index in [1.807, 2.05) is 13.8 Å². The van der Waals surface area contributed by atoms with Crippen molar-refractivity contribution in [3.63, 3.8) is 0 Å². The molecular weight excluding hydrogens is 1060 g/mol. The van der Waals surface area contributed by atoms with Crippen LogP contribution in [0.5, 0.6) is 0 Å². The number of carbonyl (C=O) groups is 3. The summed E-state index contributed by atoms with van der Waals surface area (Å²) in [5.41, 5.74) is 5.99. The highest BCUT2D eigenvalue weighted by Gasteiger charge is 2.40. The molecule has 0 spiro atoms. The van der Waals surface area contributed by atoms with Gasteiger partial charge in [0.25, 0.3) is 5.56 Å². The molecule has 0 fully saturated rings. The standard InChI is InChI=1S/C17H20N4O6.2C6H8O6.2C5H14NO.C3H7NO2S.2ClH/c1-7-3-9-10(4-8(7)2)21(5-11(23)14(25)12(24)6-22)15-13(18-9)16(26)20-17(27)19-15;2*7-1-2(8)5-3(9)4(10)6(11)12-5;2*1-6(2,3)4-5-7;4-2(1-7)3(5)6;;/h3-4,11-12,14,22-25H,5-6H2,1-2H3,(H,20,26,27);2*2,5,7-10H,1H2;2*7H,4-5H2,1-3H3;2,7H,1,4H2,(H,5,6);2*1H/q;;;2*+1;;;/p-2/t11-,12+,14-;2*2-,5+;;;2-;;/m100..0../s1. The first-order valence-electron chi connectivity index (χ1n) is 21.4. The summed E-state index contributed by atoms with van der Waals surface area (Å²) in [6.45, 7) is 3.62. The number of carboxylic acid groups (broad SMARTS) is 1. The predicted octanol–water partition coefficient (Wildman–Crippen LogP) is -9.75. The molecule has 74 heavy (non-hydrogen) atoms. The second-order valence-electron chi connectivity index (χ2n) is 17.7. The lowest BCUT2D eigenvalue weighted by Gasteiger charge is -2.25. The SMILES string of the molecule is C[N+](C)(C)CCO.C[N+](C)(C)CCO.Cc1cc2nc3c(=O)[nH]c(=O)nc-3n(C[C@@H](O)[C@@H](O)[C@@H](O)CO)c2cc1C.Cl.N[C@@H](CS)C(=O)[O-].O=C1O[C@H]([C@@H](O)CO)C(O)=C1O.O=C1O[C@H]([C@@H](O)CO)C(O)=C1O.[Cl-]. The van der Waals surface area contributed by atoms with Crippen molar-refractivity contribution in [2.45, 2.75) is 69.2 Å². The Balaban J connectivity index is -0.000000904. The second kappa shape index (κ2) is 33.8. The van der Waals surface area contributed by atoms with Crippen LogP contribution < -0.4 is 34.5 Å². The van der Waals surface area contributed by atoms with E-state index in [4.69, 9.17) is 61.9 Å². The number of aliphatic hydroxyl groups is 14. The lowest BCUT2D eigenvalue weighted by molar-refractivity contribution is -0.870. The Bertz CT molecular complexity index is 2310. The number of esters is 2. The molecule has 4 heterocycles. The minimum absolute atomic E-state index is 0. The number of carbonyl (C=O) groups excluding carboxylic acids is 3. The van der Waals surface area contributed by atoms with Crippen LogP contribution >= 0.6 is 25.0 Å². The number of cyclic esters (lactones) is 2. The predicted molar refractivity (Wildman–Crippen MR) is 260 cm³/mol. The summed E-state index contributed by atoms with van der Waals surface area (Å²) in [5.74, 6) is -6.74. The molecule has 0 aliphatic carbocycles. The van der Waals surface area contributed by atoms with Gasteiger partial charge in [0, 0.05) is 5.75 Å². The topological polar surface area (TPSA) is 483 Å². The fourth-order valence-corrected chi connectivity index (χ4v) is 5.36. The first-order chi connectivity index (χ1) is 33.2. The summed E-state index contributed by atoms with van der Waals surface area (Å²) in [6.07, 6.45) is -10.2. The third-order valence-electron chi connectivity index (χ3n) is 9.56. The quantitative estimate of drug-likeness (QED) is 0.0291. The van der Waals surface area contributed by atoms with Gasteiger partial charge in [-0.05, 0) is 37.1 Å².